The van der Waals surface area contributed by atoms with Gasteiger partial charge in [-0.2, -0.15) is 0 Å². The molecule has 9 rings (SSSR count). The van der Waals surface area contributed by atoms with E-state index in [1.54, 1.807) is 5.56 Å². The second kappa shape index (κ2) is 9.37. The van der Waals surface area contributed by atoms with Crippen molar-refractivity contribution in [3.05, 3.63) is 144 Å². The maximum Gasteiger partial charge on any atom is 0.260 e. The van der Waals surface area contributed by atoms with Gasteiger partial charge in [0.05, 0.1) is 0 Å². The average Bonchev–Trinajstić information content (AvgIpc) is 3.59. The second-order valence-corrected chi connectivity index (χ2v) is 12.3. The fourth-order valence-corrected chi connectivity index (χ4v) is 8.62. The summed E-state index contributed by atoms with van der Waals surface area (Å²) in [6.07, 6.45) is 6.95. The van der Waals surface area contributed by atoms with Crippen LogP contribution in [-0.2, 0) is 6.42 Å². The summed E-state index contributed by atoms with van der Waals surface area (Å²) in [6, 6.07) is 46.3. The highest BCUT2D eigenvalue weighted by atomic mass is 32.1. The molecule has 2 nitrogen and oxygen atoms in total. The molecule has 1 aromatic heterocycles. The van der Waals surface area contributed by atoms with E-state index in [1.807, 2.05) is 11.3 Å². The van der Waals surface area contributed by atoms with Crippen LogP contribution in [0.25, 0.3) is 17.2 Å². The molecule has 0 atom stereocenters. The molecule has 1 aliphatic carbocycles. The van der Waals surface area contributed by atoms with E-state index >= 15 is 0 Å². The monoisotopic (exact) mass is 554 g/mol. The van der Waals surface area contributed by atoms with Crippen LogP contribution in [0.4, 0.5) is 34.1 Å². The third-order valence-corrected chi connectivity index (χ3v) is 10.2. The van der Waals surface area contributed by atoms with Crippen LogP contribution < -0.4 is 25.5 Å². The Bertz CT molecular complexity index is 1960. The number of fused-ring (bicyclic) bond motifs is 7. The van der Waals surface area contributed by atoms with Crippen molar-refractivity contribution in [1.29, 1.82) is 0 Å². The number of rotatable bonds is 4. The Kier molecular flexibility index (Phi) is 5.32. The molecule has 3 heterocycles. The van der Waals surface area contributed by atoms with E-state index in [1.165, 1.54) is 48.8 Å². The van der Waals surface area contributed by atoms with Crippen LogP contribution >= 0.6 is 11.3 Å². The Balaban J connectivity index is 1.31. The topological polar surface area (TPSA) is 6.48 Å². The zero-order valence-electron chi connectivity index (χ0n) is 23.1. The summed E-state index contributed by atoms with van der Waals surface area (Å²) in [5.74, 6) is 0. The highest BCUT2D eigenvalue weighted by molar-refractivity contribution is 7.30. The van der Waals surface area contributed by atoms with Crippen LogP contribution in [-0.4, -0.2) is 6.71 Å². The van der Waals surface area contributed by atoms with Crippen molar-refractivity contribution in [3.8, 4) is 11.1 Å². The maximum atomic E-state index is 2.49. The summed E-state index contributed by atoms with van der Waals surface area (Å²) < 4.78 is 1.51. The first-order chi connectivity index (χ1) is 20.9. The minimum atomic E-state index is 0.251. The van der Waals surface area contributed by atoms with Gasteiger partial charge in [0.1, 0.15) is 0 Å². The van der Waals surface area contributed by atoms with Gasteiger partial charge in [-0.15, -0.1) is 11.3 Å². The molecule has 0 spiro atoms. The van der Waals surface area contributed by atoms with Gasteiger partial charge in [-0.1, -0.05) is 78.9 Å². The van der Waals surface area contributed by atoms with Crippen LogP contribution in [0.5, 0.6) is 0 Å². The molecule has 0 saturated heterocycles. The maximum absolute atomic E-state index is 2.49. The van der Waals surface area contributed by atoms with Crippen molar-refractivity contribution in [2.75, 3.05) is 9.80 Å². The molecule has 4 heteroatoms. The Morgan fingerprint density at radius 1 is 0.667 bits per heavy atom. The van der Waals surface area contributed by atoms with Gasteiger partial charge >= 0.3 is 0 Å². The molecule has 0 N–H and O–H groups in total. The van der Waals surface area contributed by atoms with Crippen LogP contribution in [0.15, 0.2) is 133 Å². The quantitative estimate of drug-likeness (QED) is 0.202. The highest BCUT2D eigenvalue weighted by Gasteiger charge is 2.45. The van der Waals surface area contributed by atoms with E-state index in [0.29, 0.717) is 0 Å². The number of hydrogen-bond acceptors (Lipinski definition) is 3. The lowest BCUT2D eigenvalue weighted by atomic mass is 9.39. The zero-order chi connectivity index (χ0) is 27.6. The molecule has 6 aromatic rings. The largest absolute Gasteiger partial charge is 0.311 e. The Labute approximate surface area is 250 Å². The molecule has 0 unspecified atom stereocenters. The fraction of sp³-hybridized carbons (Fsp3) is 0.0526. The van der Waals surface area contributed by atoms with Crippen molar-refractivity contribution in [3.63, 3.8) is 0 Å². The van der Waals surface area contributed by atoms with Gasteiger partial charge in [0.2, 0.25) is 0 Å². The third-order valence-electron chi connectivity index (χ3n) is 8.91. The lowest BCUT2D eigenvalue weighted by molar-refractivity contribution is 0.999. The molecule has 0 amide bonds. The fourth-order valence-electron chi connectivity index (χ4n) is 7.19. The predicted octanol–water partition coefficient (Wildman–Crippen LogP) is 8.46. The standard InChI is InChI=1S/C38H27BN2S/c1-4-13-26(14-5-1)40(27-15-6-2-7-16-27)29-23-24-32-34(25-29)41(28-17-8-3-9-18-28)33-21-12-20-31-36-30-19-10-11-22-35(30)42-38(36)39(32)37(31)33/h1-9,11-18,20-25H,10,19H2. The van der Waals surface area contributed by atoms with Crippen LogP contribution in [0.2, 0.25) is 0 Å². The molecule has 0 radical (unpaired) electrons. The van der Waals surface area contributed by atoms with Gasteiger partial charge in [0.15, 0.2) is 0 Å². The summed E-state index contributed by atoms with van der Waals surface area (Å²) >= 11 is 2.01. The number of allylic oxidation sites excluding steroid dienone is 1. The second-order valence-electron chi connectivity index (χ2n) is 11.2. The minimum absolute atomic E-state index is 0.251. The van der Waals surface area contributed by atoms with E-state index in [2.05, 4.69) is 149 Å². The lowest BCUT2D eigenvalue weighted by Gasteiger charge is -2.37. The molecule has 5 aromatic carbocycles. The average molecular weight is 555 g/mol. The minimum Gasteiger partial charge on any atom is -0.311 e. The van der Waals surface area contributed by atoms with Gasteiger partial charge in [-0.05, 0) is 106 Å². The van der Waals surface area contributed by atoms with Gasteiger partial charge in [-0.3, -0.25) is 0 Å². The molecular weight excluding hydrogens is 527 g/mol. The summed E-state index contributed by atoms with van der Waals surface area (Å²) in [4.78, 5) is 6.31. The van der Waals surface area contributed by atoms with Crippen LogP contribution in [0, 0.1) is 0 Å². The van der Waals surface area contributed by atoms with E-state index in [0.717, 1.165) is 29.9 Å². The first-order valence-corrected chi connectivity index (χ1v) is 15.5. The molecule has 0 fully saturated rings. The van der Waals surface area contributed by atoms with Crippen LogP contribution in [0.1, 0.15) is 16.9 Å². The predicted molar refractivity (Wildman–Crippen MR) is 181 cm³/mol. The zero-order valence-corrected chi connectivity index (χ0v) is 23.9. The first-order valence-electron chi connectivity index (χ1n) is 14.7. The van der Waals surface area contributed by atoms with Crippen molar-refractivity contribution >= 4 is 74.0 Å². The third kappa shape index (κ3) is 3.45. The molecule has 0 saturated carbocycles. The van der Waals surface area contributed by atoms with Crippen molar-refractivity contribution in [2.45, 2.75) is 12.8 Å². The van der Waals surface area contributed by atoms with Crippen molar-refractivity contribution in [1.82, 2.24) is 0 Å². The highest BCUT2D eigenvalue weighted by Crippen LogP contribution is 2.46. The normalized spacial score (nSPS) is 13.8. The van der Waals surface area contributed by atoms with E-state index < -0.39 is 0 Å². The SMILES string of the molecule is C1=Cc2sc3c(c2CC1)-c1cccc2c1B3c1ccc(N(c3ccccc3)c3ccccc3)cc1N2c1ccccc1. The van der Waals surface area contributed by atoms with Gasteiger partial charge in [-0.25, -0.2) is 0 Å². The number of thiophene rings is 1. The van der Waals surface area contributed by atoms with Gasteiger partial charge in [0, 0.05) is 39.0 Å². The van der Waals surface area contributed by atoms with E-state index in [4.69, 9.17) is 0 Å². The van der Waals surface area contributed by atoms with E-state index in [9.17, 15) is 0 Å². The smallest absolute Gasteiger partial charge is 0.260 e. The Morgan fingerprint density at radius 2 is 1.38 bits per heavy atom. The lowest BCUT2D eigenvalue weighted by Crippen LogP contribution is -2.54. The van der Waals surface area contributed by atoms with Crippen molar-refractivity contribution < 1.29 is 0 Å². The summed E-state index contributed by atoms with van der Waals surface area (Å²) in [5.41, 5.74) is 14.5. The molecule has 2 aliphatic heterocycles. The number of para-hydroxylation sites is 3. The Morgan fingerprint density at radius 3 is 2.12 bits per heavy atom. The van der Waals surface area contributed by atoms with E-state index in [-0.39, 0.29) is 6.71 Å². The number of benzene rings is 5. The summed E-state index contributed by atoms with van der Waals surface area (Å²) in [7, 11) is 0. The summed E-state index contributed by atoms with van der Waals surface area (Å²) in [5, 5.41) is 0. The van der Waals surface area contributed by atoms with Gasteiger partial charge < -0.3 is 9.80 Å². The first kappa shape index (κ1) is 23.9. The molecule has 3 aliphatic rings. The summed E-state index contributed by atoms with van der Waals surface area (Å²) in [6.45, 7) is 0.251. The molecule has 0 bridgehead atoms. The molecular formula is C38H27BN2S. The number of anilines is 6. The van der Waals surface area contributed by atoms with Gasteiger partial charge in [0.25, 0.3) is 6.71 Å². The number of nitrogens with zero attached hydrogens (tertiary/aromatic N) is 2. The molecule has 42 heavy (non-hydrogen) atoms. The van der Waals surface area contributed by atoms with Crippen LogP contribution in [0.3, 0.4) is 0 Å². The Hall–Kier alpha value is -4.80. The van der Waals surface area contributed by atoms with Crippen molar-refractivity contribution in [2.24, 2.45) is 0 Å². The number of hydrogen-bond donors (Lipinski definition) is 0. The molecule has 198 valence electrons.